The van der Waals surface area contributed by atoms with Crippen LogP contribution in [0.5, 0.6) is 0 Å². The summed E-state index contributed by atoms with van der Waals surface area (Å²) < 4.78 is 30.4. The Kier molecular flexibility index (Phi) is 7.62. The van der Waals surface area contributed by atoms with Gasteiger partial charge in [-0.1, -0.05) is 13.8 Å². The lowest BCUT2D eigenvalue weighted by Crippen LogP contribution is -2.41. The minimum atomic E-state index is -3.70. The summed E-state index contributed by atoms with van der Waals surface area (Å²) in [5.74, 6) is -2.23. The molecule has 1 unspecified atom stereocenters. The first-order valence-electron chi connectivity index (χ1n) is 6.05. The standard InChI is InChI=1S/C11H21NO6S/c1-4-18-11(15)5-6-19(16,17)12-9(8(2)3)7-10(13)14/h8-9,12H,4-7H2,1-3H3,(H,13,14). The van der Waals surface area contributed by atoms with E-state index in [1.165, 1.54) is 0 Å². The summed E-state index contributed by atoms with van der Waals surface area (Å²) in [5, 5.41) is 8.71. The van der Waals surface area contributed by atoms with Crippen molar-refractivity contribution in [2.24, 2.45) is 5.92 Å². The lowest BCUT2D eigenvalue weighted by Gasteiger charge is -2.20. The third kappa shape index (κ3) is 8.55. The Morgan fingerprint density at radius 3 is 2.32 bits per heavy atom. The van der Waals surface area contributed by atoms with Crippen molar-refractivity contribution < 1.29 is 27.9 Å². The summed E-state index contributed by atoms with van der Waals surface area (Å²) in [7, 11) is -3.70. The zero-order valence-electron chi connectivity index (χ0n) is 11.4. The van der Waals surface area contributed by atoms with Gasteiger partial charge in [0.2, 0.25) is 10.0 Å². The molecule has 0 saturated heterocycles. The fourth-order valence-electron chi connectivity index (χ4n) is 1.34. The van der Waals surface area contributed by atoms with E-state index in [-0.39, 0.29) is 25.4 Å². The number of carbonyl (C=O) groups is 2. The third-order valence-electron chi connectivity index (χ3n) is 2.41. The van der Waals surface area contributed by atoms with Crippen molar-refractivity contribution in [1.82, 2.24) is 4.72 Å². The largest absolute Gasteiger partial charge is 0.481 e. The number of hydrogen-bond donors (Lipinski definition) is 2. The second kappa shape index (κ2) is 8.11. The monoisotopic (exact) mass is 295 g/mol. The molecule has 19 heavy (non-hydrogen) atoms. The van der Waals surface area contributed by atoms with Crippen LogP contribution < -0.4 is 4.72 Å². The molecular weight excluding hydrogens is 274 g/mol. The van der Waals surface area contributed by atoms with Crippen molar-refractivity contribution in [2.45, 2.75) is 39.7 Å². The first-order valence-corrected chi connectivity index (χ1v) is 7.70. The van der Waals surface area contributed by atoms with Gasteiger partial charge in [0.1, 0.15) is 0 Å². The van der Waals surface area contributed by atoms with E-state index < -0.39 is 33.8 Å². The van der Waals surface area contributed by atoms with E-state index in [1.807, 2.05) is 0 Å². The maximum absolute atomic E-state index is 11.7. The van der Waals surface area contributed by atoms with Crippen molar-refractivity contribution in [2.75, 3.05) is 12.4 Å². The van der Waals surface area contributed by atoms with Gasteiger partial charge in [0.25, 0.3) is 0 Å². The van der Waals surface area contributed by atoms with Crippen LogP contribution in [-0.4, -0.2) is 43.9 Å². The van der Waals surface area contributed by atoms with E-state index in [9.17, 15) is 18.0 Å². The number of aliphatic carboxylic acids is 1. The van der Waals surface area contributed by atoms with Crippen LogP contribution in [0.4, 0.5) is 0 Å². The molecule has 1 atom stereocenters. The van der Waals surface area contributed by atoms with Crippen molar-refractivity contribution >= 4 is 22.0 Å². The fourth-order valence-corrected chi connectivity index (χ4v) is 2.71. The molecule has 0 heterocycles. The van der Waals surface area contributed by atoms with E-state index in [0.717, 1.165) is 0 Å². The number of carboxylic acid groups (broad SMARTS) is 1. The normalized spacial score (nSPS) is 13.3. The Labute approximate surface area is 113 Å². The summed E-state index contributed by atoms with van der Waals surface area (Å²) in [6.45, 7) is 5.27. The molecule has 0 saturated carbocycles. The fraction of sp³-hybridized carbons (Fsp3) is 0.818. The van der Waals surface area contributed by atoms with E-state index in [0.29, 0.717) is 0 Å². The third-order valence-corrected chi connectivity index (χ3v) is 3.81. The lowest BCUT2D eigenvalue weighted by atomic mass is 10.0. The average molecular weight is 295 g/mol. The lowest BCUT2D eigenvalue weighted by molar-refractivity contribution is -0.142. The highest BCUT2D eigenvalue weighted by atomic mass is 32.2. The highest BCUT2D eigenvalue weighted by molar-refractivity contribution is 7.89. The number of nitrogens with one attached hydrogen (secondary N) is 1. The number of hydrogen-bond acceptors (Lipinski definition) is 5. The molecule has 7 nitrogen and oxygen atoms in total. The van der Waals surface area contributed by atoms with Crippen molar-refractivity contribution in [1.29, 1.82) is 0 Å². The van der Waals surface area contributed by atoms with Gasteiger partial charge < -0.3 is 9.84 Å². The average Bonchev–Trinajstić information content (AvgIpc) is 2.25. The van der Waals surface area contributed by atoms with Crippen LogP contribution in [0.1, 0.15) is 33.6 Å². The predicted molar refractivity (Wildman–Crippen MR) is 69.1 cm³/mol. The second-order valence-corrected chi connectivity index (χ2v) is 6.31. The van der Waals surface area contributed by atoms with Crippen LogP contribution in [0.25, 0.3) is 0 Å². The smallest absolute Gasteiger partial charge is 0.306 e. The molecule has 0 aromatic heterocycles. The summed E-state index contributed by atoms with van der Waals surface area (Å²) in [6.07, 6.45) is -0.544. The van der Waals surface area contributed by atoms with Gasteiger partial charge in [-0.2, -0.15) is 0 Å². The first kappa shape index (κ1) is 17.8. The molecule has 112 valence electrons. The highest BCUT2D eigenvalue weighted by Crippen LogP contribution is 2.08. The van der Waals surface area contributed by atoms with Crippen molar-refractivity contribution in [3.05, 3.63) is 0 Å². The molecule has 0 rings (SSSR count). The van der Waals surface area contributed by atoms with Crippen LogP contribution in [0.3, 0.4) is 0 Å². The molecule has 8 heteroatoms. The SMILES string of the molecule is CCOC(=O)CCS(=O)(=O)NC(CC(=O)O)C(C)C. The number of ether oxygens (including phenoxy) is 1. The van der Waals surface area contributed by atoms with Crippen LogP contribution >= 0.6 is 0 Å². The van der Waals surface area contributed by atoms with Crippen LogP contribution in [0.2, 0.25) is 0 Å². The van der Waals surface area contributed by atoms with Gasteiger partial charge in [0, 0.05) is 6.04 Å². The van der Waals surface area contributed by atoms with Crippen LogP contribution in [-0.2, 0) is 24.3 Å². The van der Waals surface area contributed by atoms with Gasteiger partial charge in [0.15, 0.2) is 0 Å². The number of rotatable bonds is 9. The van der Waals surface area contributed by atoms with Crippen LogP contribution in [0.15, 0.2) is 0 Å². The first-order chi connectivity index (χ1) is 8.68. The van der Waals surface area contributed by atoms with Gasteiger partial charge in [0.05, 0.1) is 25.2 Å². The van der Waals surface area contributed by atoms with E-state index in [2.05, 4.69) is 9.46 Å². The maximum atomic E-state index is 11.7. The maximum Gasteiger partial charge on any atom is 0.306 e. The van der Waals surface area contributed by atoms with Crippen LogP contribution in [0, 0.1) is 5.92 Å². The second-order valence-electron chi connectivity index (χ2n) is 4.44. The number of esters is 1. The Morgan fingerprint density at radius 2 is 1.89 bits per heavy atom. The minimum Gasteiger partial charge on any atom is -0.481 e. The van der Waals surface area contributed by atoms with Gasteiger partial charge in [-0.15, -0.1) is 0 Å². The molecule has 0 aliphatic rings. The Morgan fingerprint density at radius 1 is 1.32 bits per heavy atom. The summed E-state index contributed by atoms with van der Waals surface area (Å²) in [4.78, 5) is 21.7. The molecule has 0 aliphatic carbocycles. The van der Waals surface area contributed by atoms with E-state index in [1.54, 1.807) is 20.8 Å². The predicted octanol–water partition coefficient (Wildman–Crippen LogP) is 0.358. The molecule has 0 radical (unpaired) electrons. The Bertz CT molecular complexity index is 403. The Balaban J connectivity index is 4.47. The number of sulfonamides is 1. The molecule has 2 N–H and O–H groups in total. The molecular formula is C11H21NO6S. The summed E-state index contributed by atoms with van der Waals surface area (Å²) >= 11 is 0. The quantitative estimate of drug-likeness (QED) is 0.594. The molecule has 0 aromatic rings. The Hall–Kier alpha value is -1.15. The number of carbonyl (C=O) groups excluding carboxylic acids is 1. The van der Waals surface area contributed by atoms with Gasteiger partial charge >= 0.3 is 11.9 Å². The molecule has 0 amide bonds. The summed E-state index contributed by atoms with van der Waals surface area (Å²) in [5.41, 5.74) is 0. The minimum absolute atomic E-state index is 0.159. The van der Waals surface area contributed by atoms with Gasteiger partial charge in [-0.25, -0.2) is 13.1 Å². The van der Waals surface area contributed by atoms with Gasteiger partial charge in [-0.3, -0.25) is 9.59 Å². The molecule has 0 bridgehead atoms. The van der Waals surface area contributed by atoms with E-state index in [4.69, 9.17) is 5.11 Å². The zero-order chi connectivity index (χ0) is 15.1. The van der Waals surface area contributed by atoms with Crippen molar-refractivity contribution in [3.63, 3.8) is 0 Å². The van der Waals surface area contributed by atoms with Crippen molar-refractivity contribution in [3.8, 4) is 0 Å². The molecule has 0 aromatic carbocycles. The van der Waals surface area contributed by atoms with Gasteiger partial charge in [-0.05, 0) is 12.8 Å². The topological polar surface area (TPSA) is 110 Å². The summed E-state index contributed by atoms with van der Waals surface area (Å²) in [6, 6.07) is -0.690. The molecule has 0 spiro atoms. The zero-order valence-corrected chi connectivity index (χ0v) is 12.2. The molecule has 0 fully saturated rings. The molecule has 0 aliphatic heterocycles. The van der Waals surface area contributed by atoms with E-state index >= 15 is 0 Å². The number of carboxylic acids is 1. The highest BCUT2D eigenvalue weighted by Gasteiger charge is 2.23.